The van der Waals surface area contributed by atoms with E-state index >= 15 is 0 Å². The number of hydrogen-bond acceptors (Lipinski definition) is 6. The molecule has 3 saturated heterocycles. The highest BCUT2D eigenvalue weighted by molar-refractivity contribution is 5.94. The number of carbonyl (C=O) groups excluding carboxylic acids is 4. The number of piperazine rings is 1. The number of hydroxylamine groups is 2. The van der Waals surface area contributed by atoms with Gasteiger partial charge in [0.25, 0.3) is 11.8 Å². The Morgan fingerprint density at radius 3 is 2.37 bits per heavy atom. The zero-order valence-electron chi connectivity index (χ0n) is 21.7. The second kappa shape index (κ2) is 11.5. The van der Waals surface area contributed by atoms with Crippen LogP contribution in [-0.4, -0.2) is 94.4 Å². The monoisotopic (exact) mass is 491 g/mol. The van der Waals surface area contributed by atoms with E-state index in [4.69, 9.17) is 10.6 Å². The van der Waals surface area contributed by atoms with Crippen LogP contribution >= 0.6 is 0 Å². The minimum Gasteiger partial charge on any atom is -0.370 e. The number of nitrogens with two attached hydrogens (primary N) is 1. The highest BCUT2D eigenvalue weighted by atomic mass is 16.7. The summed E-state index contributed by atoms with van der Waals surface area (Å²) in [7, 11) is 2.03. The summed E-state index contributed by atoms with van der Waals surface area (Å²) in [5.74, 6) is -1.04. The van der Waals surface area contributed by atoms with E-state index in [9.17, 15) is 19.2 Å². The Morgan fingerprint density at radius 1 is 1.11 bits per heavy atom. The normalized spacial score (nSPS) is 28.0. The Kier molecular flexibility index (Phi) is 8.93. The fourth-order valence-electron chi connectivity index (χ4n) is 5.14. The van der Waals surface area contributed by atoms with Crippen LogP contribution < -0.4 is 5.73 Å². The second-order valence-electron chi connectivity index (χ2n) is 10.8. The lowest BCUT2D eigenvalue weighted by Crippen LogP contribution is -2.73. The van der Waals surface area contributed by atoms with Crippen LogP contribution in [0.2, 0.25) is 0 Å². The molecule has 35 heavy (non-hydrogen) atoms. The maximum absolute atomic E-state index is 13.6. The standard InChI is InChI=1S/C25H41N5O5/c1-16(2)13-19-24(33)28(12-10-21(26)31)15-22-29(19)25(34)20(14-17(3)4)35-30(22)23(32)9-8-18-7-6-11-27(18)5/h8-9,16-20,22H,6-7,10-15H2,1-5H3,(H2,26,31)/b9-8+/t18-,19+,20-,22+/m1/s1. The summed E-state index contributed by atoms with van der Waals surface area (Å²) in [6.07, 6.45) is 4.78. The molecule has 2 N–H and O–H groups in total. The van der Waals surface area contributed by atoms with Gasteiger partial charge in [-0.3, -0.25) is 28.9 Å². The van der Waals surface area contributed by atoms with Crippen LogP contribution in [0.3, 0.4) is 0 Å². The predicted molar refractivity (Wildman–Crippen MR) is 130 cm³/mol. The van der Waals surface area contributed by atoms with Gasteiger partial charge in [-0.15, -0.1) is 0 Å². The van der Waals surface area contributed by atoms with Gasteiger partial charge in [0.15, 0.2) is 12.3 Å². The summed E-state index contributed by atoms with van der Waals surface area (Å²) in [6, 6.07) is -0.547. The third-order valence-electron chi connectivity index (χ3n) is 6.94. The third kappa shape index (κ3) is 6.41. The molecule has 3 rings (SSSR count). The van der Waals surface area contributed by atoms with Gasteiger partial charge in [0.2, 0.25) is 11.8 Å². The topological polar surface area (TPSA) is 116 Å². The molecule has 3 aliphatic heterocycles. The Bertz CT molecular complexity index is 844. The number of rotatable bonds is 9. The lowest BCUT2D eigenvalue weighted by molar-refractivity contribution is -0.274. The number of nitrogens with zero attached hydrogens (tertiary/aromatic N) is 4. The summed E-state index contributed by atoms with van der Waals surface area (Å²) < 4.78 is 0. The number of amides is 4. The molecular formula is C25H41N5O5. The summed E-state index contributed by atoms with van der Waals surface area (Å²) in [5, 5.41) is 1.27. The molecule has 0 aromatic carbocycles. The maximum Gasteiger partial charge on any atom is 0.271 e. The first-order valence-electron chi connectivity index (χ1n) is 12.8. The molecule has 0 aromatic rings. The van der Waals surface area contributed by atoms with Gasteiger partial charge >= 0.3 is 0 Å². The first kappa shape index (κ1) is 27.1. The van der Waals surface area contributed by atoms with E-state index in [-0.39, 0.29) is 55.1 Å². The molecule has 10 nitrogen and oxygen atoms in total. The molecule has 10 heteroatoms. The molecule has 0 saturated carbocycles. The zero-order valence-corrected chi connectivity index (χ0v) is 21.7. The first-order valence-corrected chi connectivity index (χ1v) is 12.8. The van der Waals surface area contributed by atoms with Gasteiger partial charge in [0.05, 0.1) is 6.54 Å². The van der Waals surface area contributed by atoms with Crippen molar-refractivity contribution >= 4 is 23.6 Å². The second-order valence-corrected chi connectivity index (χ2v) is 10.8. The van der Waals surface area contributed by atoms with Crippen LogP contribution in [0.1, 0.15) is 59.8 Å². The molecule has 0 aliphatic carbocycles. The molecule has 3 fully saturated rings. The highest BCUT2D eigenvalue weighted by Crippen LogP contribution is 2.32. The maximum atomic E-state index is 13.6. The van der Waals surface area contributed by atoms with Crippen LogP contribution in [0.15, 0.2) is 12.2 Å². The fraction of sp³-hybridized carbons (Fsp3) is 0.760. The first-order chi connectivity index (χ1) is 16.5. The number of fused-ring (bicyclic) bond motifs is 1. The third-order valence-corrected chi connectivity index (χ3v) is 6.94. The molecule has 0 radical (unpaired) electrons. The molecule has 4 atom stereocenters. The van der Waals surface area contributed by atoms with E-state index in [0.29, 0.717) is 12.8 Å². The van der Waals surface area contributed by atoms with Gasteiger partial charge in [-0.05, 0) is 51.1 Å². The summed E-state index contributed by atoms with van der Waals surface area (Å²) in [4.78, 5) is 63.2. The van der Waals surface area contributed by atoms with Crippen LogP contribution in [0.4, 0.5) is 0 Å². The zero-order chi connectivity index (χ0) is 25.9. The Morgan fingerprint density at radius 2 is 1.80 bits per heavy atom. The van der Waals surface area contributed by atoms with Gasteiger partial charge in [-0.1, -0.05) is 33.8 Å². The lowest BCUT2D eigenvalue weighted by Gasteiger charge is -2.53. The van der Waals surface area contributed by atoms with Crippen molar-refractivity contribution in [2.75, 3.05) is 26.7 Å². The fourth-order valence-corrected chi connectivity index (χ4v) is 5.14. The van der Waals surface area contributed by atoms with Crippen LogP contribution in [0.25, 0.3) is 0 Å². The Balaban J connectivity index is 1.94. The van der Waals surface area contributed by atoms with Crippen LogP contribution in [0.5, 0.6) is 0 Å². The minimum absolute atomic E-state index is 0.0134. The molecule has 0 unspecified atom stereocenters. The van der Waals surface area contributed by atoms with Gasteiger partial charge < -0.3 is 15.5 Å². The summed E-state index contributed by atoms with van der Waals surface area (Å²) >= 11 is 0. The lowest BCUT2D eigenvalue weighted by atomic mass is 9.95. The van der Waals surface area contributed by atoms with Gasteiger partial charge in [-0.2, -0.15) is 5.06 Å². The molecule has 0 aromatic heterocycles. The van der Waals surface area contributed by atoms with Crippen LogP contribution in [0, 0.1) is 11.8 Å². The van der Waals surface area contributed by atoms with Crippen LogP contribution in [-0.2, 0) is 24.0 Å². The molecule has 3 aliphatic rings. The van der Waals surface area contributed by atoms with Crippen molar-refractivity contribution in [3.8, 4) is 0 Å². The molecule has 4 amide bonds. The van der Waals surface area contributed by atoms with E-state index in [0.717, 1.165) is 19.4 Å². The van der Waals surface area contributed by atoms with Crippen molar-refractivity contribution in [1.82, 2.24) is 19.8 Å². The van der Waals surface area contributed by atoms with Crippen molar-refractivity contribution in [2.45, 2.75) is 84.2 Å². The number of likely N-dealkylation sites (N-methyl/N-ethyl adjacent to an activating group) is 1. The average molecular weight is 492 g/mol. The van der Waals surface area contributed by atoms with E-state index in [1.807, 2.05) is 40.8 Å². The van der Waals surface area contributed by atoms with Crippen molar-refractivity contribution in [2.24, 2.45) is 17.6 Å². The SMILES string of the molecule is CC(C)C[C@H]1ON(C(=O)/C=C/[C@H]2CCCN2C)[C@H]2CN(CCC(N)=O)C(=O)[C@H](CC(C)C)N2C1=O. The van der Waals surface area contributed by atoms with Gasteiger partial charge in [0.1, 0.15) is 6.04 Å². The number of primary amides is 1. The Hall–Kier alpha value is -2.46. The largest absolute Gasteiger partial charge is 0.370 e. The molecule has 0 bridgehead atoms. The van der Waals surface area contributed by atoms with Crippen molar-refractivity contribution < 1.29 is 24.0 Å². The van der Waals surface area contributed by atoms with E-state index in [1.54, 1.807) is 4.90 Å². The number of hydrogen-bond donors (Lipinski definition) is 1. The van der Waals surface area contributed by atoms with Crippen molar-refractivity contribution in [3.63, 3.8) is 0 Å². The van der Waals surface area contributed by atoms with Crippen molar-refractivity contribution in [1.29, 1.82) is 0 Å². The quantitative estimate of drug-likeness (QED) is 0.483. The van der Waals surface area contributed by atoms with E-state index < -0.39 is 24.2 Å². The predicted octanol–water partition coefficient (Wildman–Crippen LogP) is 1.11. The summed E-state index contributed by atoms with van der Waals surface area (Å²) in [6.45, 7) is 9.16. The smallest absolute Gasteiger partial charge is 0.271 e. The number of carbonyl (C=O) groups is 4. The van der Waals surface area contributed by atoms with Crippen molar-refractivity contribution in [3.05, 3.63) is 12.2 Å². The molecule has 196 valence electrons. The van der Waals surface area contributed by atoms with E-state index in [2.05, 4.69) is 4.90 Å². The van der Waals surface area contributed by atoms with E-state index in [1.165, 1.54) is 16.0 Å². The highest BCUT2D eigenvalue weighted by Gasteiger charge is 2.52. The minimum atomic E-state index is -0.836. The summed E-state index contributed by atoms with van der Waals surface area (Å²) in [5.41, 5.74) is 5.33. The average Bonchev–Trinajstić information content (AvgIpc) is 3.18. The Labute approximate surface area is 208 Å². The molecular weight excluding hydrogens is 450 g/mol. The van der Waals surface area contributed by atoms with Gasteiger partial charge in [0, 0.05) is 25.1 Å². The van der Waals surface area contributed by atoms with Gasteiger partial charge in [-0.25, -0.2) is 0 Å². The molecule has 0 spiro atoms. The molecule has 3 heterocycles. The number of likely N-dealkylation sites (tertiary alicyclic amines) is 1.